The average molecular weight is 289 g/mol. The Morgan fingerprint density at radius 3 is 2.40 bits per heavy atom. The van der Waals surface area contributed by atoms with Crippen LogP contribution in [-0.2, 0) is 0 Å². The number of amides is 1. The van der Waals surface area contributed by atoms with Gasteiger partial charge in [0.2, 0.25) is 0 Å². The molecule has 20 heavy (non-hydrogen) atoms. The predicted molar refractivity (Wildman–Crippen MR) is 64.5 cm³/mol. The Morgan fingerprint density at radius 1 is 1.30 bits per heavy atom. The van der Waals surface area contributed by atoms with Crippen LogP contribution in [0.3, 0.4) is 0 Å². The van der Waals surface area contributed by atoms with Crippen LogP contribution in [0.5, 0.6) is 0 Å². The number of hydrogen-bond donors (Lipinski definition) is 2. The van der Waals surface area contributed by atoms with E-state index in [2.05, 4.69) is 15.4 Å². The molecule has 6 nitrogen and oxygen atoms in total. The van der Waals surface area contributed by atoms with Gasteiger partial charge >= 0.3 is 6.18 Å². The SMILES string of the molecule is NNc1cnc(C(=O)N2CCC(C(F)(F)F)CC2)cn1. The number of hydrazine groups is 1. The smallest absolute Gasteiger partial charge is 0.337 e. The number of rotatable bonds is 2. The molecule has 110 valence electrons. The molecule has 1 aliphatic heterocycles. The quantitative estimate of drug-likeness (QED) is 0.631. The maximum atomic E-state index is 12.5. The number of carbonyl (C=O) groups excluding carboxylic acids is 1. The summed E-state index contributed by atoms with van der Waals surface area (Å²) in [4.78, 5) is 21.1. The van der Waals surface area contributed by atoms with Gasteiger partial charge < -0.3 is 10.3 Å². The van der Waals surface area contributed by atoms with Crippen molar-refractivity contribution in [3.63, 3.8) is 0 Å². The molecular formula is C11H14F3N5O. The van der Waals surface area contributed by atoms with Gasteiger partial charge in [0.25, 0.3) is 5.91 Å². The molecule has 1 aliphatic rings. The Labute approximate surface area is 113 Å². The monoisotopic (exact) mass is 289 g/mol. The van der Waals surface area contributed by atoms with E-state index in [1.165, 1.54) is 17.3 Å². The van der Waals surface area contributed by atoms with Crippen LogP contribution in [0.4, 0.5) is 19.0 Å². The molecule has 0 saturated carbocycles. The summed E-state index contributed by atoms with van der Waals surface area (Å²) in [5.74, 6) is 3.68. The number of hydrogen-bond acceptors (Lipinski definition) is 5. The lowest BCUT2D eigenvalue weighted by Crippen LogP contribution is -2.42. The molecule has 9 heteroatoms. The summed E-state index contributed by atoms with van der Waals surface area (Å²) in [5.41, 5.74) is 2.36. The number of alkyl halides is 3. The fourth-order valence-electron chi connectivity index (χ4n) is 2.08. The van der Waals surface area contributed by atoms with Crippen LogP contribution >= 0.6 is 0 Å². The largest absolute Gasteiger partial charge is 0.391 e. The van der Waals surface area contributed by atoms with Gasteiger partial charge in [0.05, 0.1) is 18.3 Å². The van der Waals surface area contributed by atoms with Gasteiger partial charge in [0.1, 0.15) is 5.69 Å². The minimum absolute atomic E-state index is 0.0710. The molecule has 1 fully saturated rings. The zero-order valence-corrected chi connectivity index (χ0v) is 10.5. The fourth-order valence-corrected chi connectivity index (χ4v) is 2.08. The molecule has 0 aliphatic carbocycles. The van der Waals surface area contributed by atoms with Crippen molar-refractivity contribution < 1.29 is 18.0 Å². The Bertz CT molecular complexity index is 468. The average Bonchev–Trinajstić information content (AvgIpc) is 2.46. The van der Waals surface area contributed by atoms with E-state index >= 15 is 0 Å². The van der Waals surface area contributed by atoms with Crippen LogP contribution in [0.15, 0.2) is 12.4 Å². The van der Waals surface area contributed by atoms with Crippen LogP contribution in [0.2, 0.25) is 0 Å². The van der Waals surface area contributed by atoms with E-state index in [1.807, 2.05) is 0 Å². The number of piperidine rings is 1. The topological polar surface area (TPSA) is 84.1 Å². The maximum absolute atomic E-state index is 12.5. The van der Waals surface area contributed by atoms with Crippen LogP contribution in [0, 0.1) is 5.92 Å². The zero-order valence-electron chi connectivity index (χ0n) is 10.5. The number of likely N-dealkylation sites (tertiary alicyclic amines) is 1. The number of nitrogens with one attached hydrogen (secondary N) is 1. The molecule has 3 N–H and O–H groups in total. The number of nitrogens with two attached hydrogens (primary N) is 1. The van der Waals surface area contributed by atoms with Crippen molar-refractivity contribution in [2.75, 3.05) is 18.5 Å². The first-order valence-electron chi connectivity index (χ1n) is 6.06. The van der Waals surface area contributed by atoms with Crippen molar-refractivity contribution in [2.45, 2.75) is 19.0 Å². The summed E-state index contributed by atoms with van der Waals surface area (Å²) in [6, 6.07) is 0. The lowest BCUT2D eigenvalue weighted by atomic mass is 9.96. The molecule has 1 aromatic heterocycles. The molecule has 0 spiro atoms. The zero-order chi connectivity index (χ0) is 14.8. The number of anilines is 1. The number of nitrogen functional groups attached to an aromatic ring is 1. The van der Waals surface area contributed by atoms with E-state index in [-0.39, 0.29) is 31.6 Å². The fraction of sp³-hybridized carbons (Fsp3) is 0.545. The Hall–Kier alpha value is -1.90. The van der Waals surface area contributed by atoms with Gasteiger partial charge in [-0.1, -0.05) is 0 Å². The van der Waals surface area contributed by atoms with E-state index in [4.69, 9.17) is 5.84 Å². The summed E-state index contributed by atoms with van der Waals surface area (Å²) < 4.78 is 37.6. The molecule has 0 bridgehead atoms. The van der Waals surface area contributed by atoms with Crippen LogP contribution < -0.4 is 11.3 Å². The van der Waals surface area contributed by atoms with E-state index < -0.39 is 18.0 Å². The van der Waals surface area contributed by atoms with Gasteiger partial charge in [-0.3, -0.25) is 4.79 Å². The normalized spacial score (nSPS) is 17.1. The summed E-state index contributed by atoms with van der Waals surface area (Å²) in [5, 5.41) is 0. The van der Waals surface area contributed by atoms with Crippen LogP contribution in [-0.4, -0.2) is 40.0 Å². The lowest BCUT2D eigenvalue weighted by Gasteiger charge is -2.32. The van der Waals surface area contributed by atoms with Crippen LogP contribution in [0.25, 0.3) is 0 Å². The molecule has 0 aromatic carbocycles. The molecule has 1 saturated heterocycles. The highest BCUT2D eigenvalue weighted by molar-refractivity contribution is 5.92. The van der Waals surface area contributed by atoms with Gasteiger partial charge in [-0.2, -0.15) is 13.2 Å². The van der Waals surface area contributed by atoms with E-state index in [1.54, 1.807) is 0 Å². The summed E-state index contributed by atoms with van der Waals surface area (Å²) in [6.45, 7) is 0.142. The second-order valence-electron chi connectivity index (χ2n) is 4.54. The van der Waals surface area contributed by atoms with Crippen molar-refractivity contribution in [1.29, 1.82) is 0 Å². The minimum atomic E-state index is -4.19. The first-order chi connectivity index (χ1) is 9.41. The third kappa shape index (κ3) is 3.16. The second kappa shape index (κ2) is 5.61. The third-order valence-corrected chi connectivity index (χ3v) is 3.26. The number of halogens is 3. The lowest BCUT2D eigenvalue weighted by molar-refractivity contribution is -0.183. The third-order valence-electron chi connectivity index (χ3n) is 3.26. The van der Waals surface area contributed by atoms with Gasteiger partial charge in [-0.15, -0.1) is 0 Å². The van der Waals surface area contributed by atoms with E-state index in [0.29, 0.717) is 5.82 Å². The maximum Gasteiger partial charge on any atom is 0.391 e. The molecule has 0 radical (unpaired) electrons. The first-order valence-corrected chi connectivity index (χ1v) is 6.06. The Kier molecular flexibility index (Phi) is 4.07. The van der Waals surface area contributed by atoms with Crippen molar-refractivity contribution in [3.05, 3.63) is 18.1 Å². The highest BCUT2D eigenvalue weighted by Gasteiger charge is 2.41. The van der Waals surface area contributed by atoms with Crippen molar-refractivity contribution in [3.8, 4) is 0 Å². The summed E-state index contributed by atoms with van der Waals surface area (Å²) in [7, 11) is 0. The molecule has 1 amide bonds. The highest BCUT2D eigenvalue weighted by atomic mass is 19.4. The number of carbonyl (C=O) groups is 1. The van der Waals surface area contributed by atoms with Crippen molar-refractivity contribution in [2.24, 2.45) is 11.8 Å². The van der Waals surface area contributed by atoms with Crippen molar-refractivity contribution in [1.82, 2.24) is 14.9 Å². The minimum Gasteiger partial charge on any atom is -0.337 e. The highest BCUT2D eigenvalue weighted by Crippen LogP contribution is 2.34. The van der Waals surface area contributed by atoms with Gasteiger partial charge in [0, 0.05) is 13.1 Å². The van der Waals surface area contributed by atoms with Crippen molar-refractivity contribution >= 4 is 11.7 Å². The van der Waals surface area contributed by atoms with Gasteiger partial charge in [-0.05, 0) is 12.8 Å². The van der Waals surface area contributed by atoms with Crippen LogP contribution in [0.1, 0.15) is 23.3 Å². The molecule has 0 unspecified atom stereocenters. The van der Waals surface area contributed by atoms with E-state index in [0.717, 1.165) is 0 Å². The predicted octanol–water partition coefficient (Wildman–Crippen LogP) is 1.18. The Morgan fingerprint density at radius 2 is 1.95 bits per heavy atom. The number of nitrogens with zero attached hydrogens (tertiary/aromatic N) is 3. The molecule has 2 rings (SSSR count). The molecule has 0 atom stereocenters. The molecule has 2 heterocycles. The van der Waals surface area contributed by atoms with Gasteiger partial charge in [-0.25, -0.2) is 15.8 Å². The van der Waals surface area contributed by atoms with Gasteiger partial charge in [0.15, 0.2) is 5.82 Å². The standard InChI is InChI=1S/C11H14F3N5O/c12-11(13,14)7-1-3-19(4-2-7)10(20)8-5-17-9(18-15)6-16-8/h5-7H,1-4,15H2,(H,17,18). The summed E-state index contributed by atoms with van der Waals surface area (Å²) in [6.07, 6.45) is -1.82. The molecular weight excluding hydrogens is 275 g/mol. The summed E-state index contributed by atoms with van der Waals surface area (Å²) >= 11 is 0. The first kappa shape index (κ1) is 14.5. The Balaban J connectivity index is 1.97. The number of aromatic nitrogens is 2. The second-order valence-corrected chi connectivity index (χ2v) is 4.54. The van der Waals surface area contributed by atoms with E-state index in [9.17, 15) is 18.0 Å². The molecule has 1 aromatic rings.